The first kappa shape index (κ1) is 14.5. The molecule has 0 aliphatic heterocycles. The predicted octanol–water partition coefficient (Wildman–Crippen LogP) is 3.45. The van der Waals surface area contributed by atoms with E-state index in [1.54, 1.807) is 12.1 Å². The number of aromatic nitrogens is 1. The molecular weight excluding hydrogens is 348 g/mol. The molecule has 2 N–H and O–H groups in total. The van der Waals surface area contributed by atoms with Crippen LogP contribution >= 0.6 is 27.5 Å². The number of nitrogens with one attached hydrogen (secondary N) is 1. The van der Waals surface area contributed by atoms with Crippen LogP contribution in [-0.2, 0) is 0 Å². The van der Waals surface area contributed by atoms with Crippen molar-refractivity contribution in [2.45, 2.75) is 0 Å². The van der Waals surface area contributed by atoms with Crippen molar-refractivity contribution in [1.29, 1.82) is 0 Å². The Morgan fingerprint density at radius 2 is 2.00 bits per heavy atom. The van der Waals surface area contributed by atoms with Crippen LogP contribution in [0.1, 0.15) is 20.7 Å². The topological polar surface area (TPSA) is 79.3 Å². The van der Waals surface area contributed by atoms with Gasteiger partial charge in [0.2, 0.25) is 0 Å². The molecule has 1 aromatic carbocycles. The molecule has 0 aliphatic rings. The van der Waals surface area contributed by atoms with Gasteiger partial charge in [-0.3, -0.25) is 4.79 Å². The molecule has 0 radical (unpaired) electrons. The van der Waals surface area contributed by atoms with Gasteiger partial charge in [0.15, 0.2) is 0 Å². The van der Waals surface area contributed by atoms with Crippen molar-refractivity contribution in [2.24, 2.45) is 0 Å². The van der Waals surface area contributed by atoms with Crippen LogP contribution in [0.25, 0.3) is 0 Å². The van der Waals surface area contributed by atoms with Gasteiger partial charge in [-0.25, -0.2) is 9.78 Å². The molecule has 0 aliphatic carbocycles. The fraction of sp³-hybridized carbons (Fsp3) is 0. The summed E-state index contributed by atoms with van der Waals surface area (Å²) in [7, 11) is 0. The molecule has 5 nitrogen and oxygen atoms in total. The van der Waals surface area contributed by atoms with Crippen LogP contribution in [0.2, 0.25) is 5.02 Å². The van der Waals surface area contributed by atoms with E-state index in [4.69, 9.17) is 16.7 Å². The van der Waals surface area contributed by atoms with Crippen molar-refractivity contribution < 1.29 is 14.7 Å². The van der Waals surface area contributed by atoms with Crippen LogP contribution in [0.3, 0.4) is 0 Å². The van der Waals surface area contributed by atoms with Gasteiger partial charge >= 0.3 is 5.97 Å². The number of carbonyl (C=O) groups is 2. The number of pyridine rings is 1. The van der Waals surface area contributed by atoms with Gasteiger partial charge in [0, 0.05) is 11.9 Å². The highest BCUT2D eigenvalue weighted by atomic mass is 79.9. The second-order valence-electron chi connectivity index (χ2n) is 3.82. The lowest BCUT2D eigenvalue weighted by Gasteiger charge is -2.07. The monoisotopic (exact) mass is 354 g/mol. The summed E-state index contributed by atoms with van der Waals surface area (Å²) in [5.74, 6) is -1.54. The number of nitrogens with zero attached hydrogens (tertiary/aromatic N) is 1. The molecule has 0 fully saturated rings. The van der Waals surface area contributed by atoms with Crippen LogP contribution in [0.4, 0.5) is 5.69 Å². The van der Waals surface area contributed by atoms with Crippen molar-refractivity contribution >= 4 is 45.1 Å². The molecule has 1 amide bonds. The molecule has 2 rings (SSSR count). The predicted molar refractivity (Wildman–Crippen MR) is 78.3 cm³/mol. The number of carbonyl (C=O) groups excluding carboxylic acids is 1. The second-order valence-corrected chi connectivity index (χ2v) is 5.04. The fourth-order valence-corrected chi connectivity index (χ4v) is 1.91. The summed E-state index contributed by atoms with van der Waals surface area (Å²) in [6.07, 6.45) is 1.41. The average Bonchev–Trinajstić information content (AvgIpc) is 2.41. The first-order valence-electron chi connectivity index (χ1n) is 5.43. The Labute approximate surface area is 127 Å². The number of hydrogen-bond donors (Lipinski definition) is 2. The van der Waals surface area contributed by atoms with Gasteiger partial charge in [0.25, 0.3) is 5.91 Å². The number of benzene rings is 1. The molecule has 0 bridgehead atoms. The van der Waals surface area contributed by atoms with Gasteiger partial charge in [0.05, 0.1) is 16.1 Å². The summed E-state index contributed by atoms with van der Waals surface area (Å²) in [4.78, 5) is 26.8. The van der Waals surface area contributed by atoms with E-state index in [1.807, 2.05) is 0 Å². The summed E-state index contributed by atoms with van der Waals surface area (Å²) in [6.45, 7) is 0. The van der Waals surface area contributed by atoms with E-state index in [9.17, 15) is 9.59 Å². The molecule has 1 aromatic heterocycles. The maximum atomic E-state index is 11.9. The van der Waals surface area contributed by atoms with E-state index < -0.39 is 5.97 Å². The van der Waals surface area contributed by atoms with E-state index in [0.29, 0.717) is 15.9 Å². The van der Waals surface area contributed by atoms with Crippen molar-refractivity contribution in [3.05, 3.63) is 57.3 Å². The van der Waals surface area contributed by atoms with Gasteiger partial charge in [-0.1, -0.05) is 11.6 Å². The molecular formula is C13H8BrClN2O3. The zero-order valence-corrected chi connectivity index (χ0v) is 12.3. The van der Waals surface area contributed by atoms with E-state index in [1.165, 1.54) is 24.4 Å². The first-order valence-corrected chi connectivity index (χ1v) is 6.60. The fourth-order valence-electron chi connectivity index (χ4n) is 1.48. The number of carboxylic acids is 1. The molecule has 1 heterocycles. The Balaban J connectivity index is 2.21. The summed E-state index contributed by atoms with van der Waals surface area (Å²) >= 11 is 8.93. The van der Waals surface area contributed by atoms with Crippen LogP contribution in [0.5, 0.6) is 0 Å². The van der Waals surface area contributed by atoms with Crippen molar-refractivity contribution in [3.8, 4) is 0 Å². The zero-order valence-electron chi connectivity index (χ0n) is 9.93. The third-order valence-corrected chi connectivity index (χ3v) is 3.24. The lowest BCUT2D eigenvalue weighted by atomic mass is 10.2. The first-order chi connectivity index (χ1) is 9.47. The van der Waals surface area contributed by atoms with Gasteiger partial charge < -0.3 is 10.4 Å². The second kappa shape index (κ2) is 6.02. The largest absolute Gasteiger partial charge is 0.478 e. The minimum atomic E-state index is -1.16. The number of halogens is 2. The molecule has 0 saturated heterocycles. The SMILES string of the molecule is O=C(Nc1ccc(Cl)c(C(=O)O)c1)c1ccc(Br)nc1. The highest BCUT2D eigenvalue weighted by molar-refractivity contribution is 9.10. The maximum absolute atomic E-state index is 11.9. The quantitative estimate of drug-likeness (QED) is 0.827. The zero-order chi connectivity index (χ0) is 14.7. The summed E-state index contributed by atoms with van der Waals surface area (Å²) in [5, 5.41) is 11.7. The van der Waals surface area contributed by atoms with Crippen molar-refractivity contribution in [2.75, 3.05) is 5.32 Å². The Kier molecular flexibility index (Phi) is 4.36. The van der Waals surface area contributed by atoms with Crippen LogP contribution < -0.4 is 5.32 Å². The van der Waals surface area contributed by atoms with Crippen molar-refractivity contribution in [3.63, 3.8) is 0 Å². The number of amides is 1. The molecule has 0 unspecified atom stereocenters. The number of rotatable bonds is 3. The number of aromatic carboxylic acids is 1. The Morgan fingerprint density at radius 3 is 2.60 bits per heavy atom. The number of carboxylic acid groups (broad SMARTS) is 1. The molecule has 102 valence electrons. The minimum Gasteiger partial charge on any atom is -0.478 e. The number of hydrogen-bond acceptors (Lipinski definition) is 3. The lowest BCUT2D eigenvalue weighted by Crippen LogP contribution is -2.12. The minimum absolute atomic E-state index is 0.0709. The van der Waals surface area contributed by atoms with Gasteiger partial charge in [-0.05, 0) is 46.3 Å². The van der Waals surface area contributed by atoms with Crippen LogP contribution in [-0.4, -0.2) is 22.0 Å². The van der Waals surface area contributed by atoms with E-state index in [-0.39, 0.29) is 16.5 Å². The van der Waals surface area contributed by atoms with Crippen LogP contribution in [0, 0.1) is 0 Å². The summed E-state index contributed by atoms with van der Waals surface area (Å²) < 4.78 is 0.619. The molecule has 2 aromatic rings. The standard InChI is InChI=1S/C13H8BrClN2O3/c14-11-4-1-7(6-16-11)12(18)17-8-2-3-10(15)9(5-8)13(19)20/h1-6H,(H,17,18)(H,19,20). The van der Waals surface area contributed by atoms with Gasteiger partial charge in [0.1, 0.15) is 4.60 Å². The van der Waals surface area contributed by atoms with Gasteiger partial charge in [-0.15, -0.1) is 0 Å². The third kappa shape index (κ3) is 3.34. The average molecular weight is 356 g/mol. The van der Waals surface area contributed by atoms with Crippen molar-refractivity contribution in [1.82, 2.24) is 4.98 Å². The Bertz CT molecular complexity index is 674. The molecule has 20 heavy (non-hydrogen) atoms. The smallest absolute Gasteiger partial charge is 0.337 e. The summed E-state index contributed by atoms with van der Waals surface area (Å²) in [6, 6.07) is 7.48. The third-order valence-electron chi connectivity index (χ3n) is 2.44. The van der Waals surface area contributed by atoms with Crippen LogP contribution in [0.15, 0.2) is 41.1 Å². The molecule has 0 saturated carbocycles. The normalized spacial score (nSPS) is 10.1. The van der Waals surface area contributed by atoms with E-state index in [0.717, 1.165) is 0 Å². The lowest BCUT2D eigenvalue weighted by molar-refractivity contribution is 0.0696. The van der Waals surface area contributed by atoms with Gasteiger partial charge in [-0.2, -0.15) is 0 Å². The highest BCUT2D eigenvalue weighted by Gasteiger charge is 2.12. The molecule has 0 spiro atoms. The Hall–Kier alpha value is -1.92. The van der Waals surface area contributed by atoms with E-state index in [2.05, 4.69) is 26.2 Å². The Morgan fingerprint density at radius 1 is 1.25 bits per heavy atom. The highest BCUT2D eigenvalue weighted by Crippen LogP contribution is 2.21. The number of anilines is 1. The maximum Gasteiger partial charge on any atom is 0.337 e. The molecule has 0 atom stereocenters. The summed E-state index contributed by atoms with van der Waals surface area (Å²) in [5.41, 5.74) is 0.637. The van der Waals surface area contributed by atoms with E-state index >= 15 is 0 Å². The molecule has 7 heteroatoms.